The molecule has 5 nitrogen and oxygen atoms in total. The summed E-state index contributed by atoms with van der Waals surface area (Å²) < 4.78 is 15.8. The lowest BCUT2D eigenvalue weighted by Gasteiger charge is -2.30. The molecule has 1 aromatic rings. The number of ether oxygens (including phenoxy) is 3. The monoisotopic (exact) mass is 262 g/mol. The minimum Gasteiger partial charge on any atom is -0.497 e. The topological polar surface area (TPSA) is 54.7 Å². The Kier molecular flexibility index (Phi) is 4.61. The summed E-state index contributed by atoms with van der Waals surface area (Å²) in [5.74, 6) is 1.39. The third kappa shape index (κ3) is 3.16. The SMILES string of the molecule is COc1cc(OC)cc(C(C#N)N2CCOCC2)c1. The fourth-order valence-corrected chi connectivity index (χ4v) is 2.19. The average molecular weight is 262 g/mol. The number of morpholine rings is 1. The van der Waals surface area contributed by atoms with E-state index < -0.39 is 0 Å². The second-order valence-corrected chi connectivity index (χ2v) is 4.33. The number of methoxy groups -OCH3 is 2. The predicted octanol–water partition coefficient (Wildman–Crippen LogP) is 1.60. The Morgan fingerprint density at radius 2 is 1.74 bits per heavy atom. The van der Waals surface area contributed by atoms with Gasteiger partial charge in [0, 0.05) is 19.2 Å². The van der Waals surface area contributed by atoms with Crippen LogP contribution in [0.15, 0.2) is 18.2 Å². The van der Waals surface area contributed by atoms with Crippen molar-refractivity contribution >= 4 is 0 Å². The maximum absolute atomic E-state index is 9.44. The first-order chi connectivity index (χ1) is 9.28. The molecule has 0 bridgehead atoms. The number of hydrogen-bond acceptors (Lipinski definition) is 5. The normalized spacial score (nSPS) is 17.5. The second-order valence-electron chi connectivity index (χ2n) is 4.33. The molecule has 0 spiro atoms. The number of nitriles is 1. The summed E-state index contributed by atoms with van der Waals surface area (Å²) in [5, 5.41) is 9.44. The van der Waals surface area contributed by atoms with Gasteiger partial charge < -0.3 is 14.2 Å². The van der Waals surface area contributed by atoms with Gasteiger partial charge in [-0.1, -0.05) is 0 Å². The number of rotatable bonds is 4. The molecule has 0 aliphatic carbocycles. The minimum atomic E-state index is -0.298. The van der Waals surface area contributed by atoms with Crippen LogP contribution in [0.1, 0.15) is 11.6 Å². The Morgan fingerprint density at radius 3 is 2.21 bits per heavy atom. The van der Waals surface area contributed by atoms with Crippen LogP contribution >= 0.6 is 0 Å². The summed E-state index contributed by atoms with van der Waals surface area (Å²) in [6.07, 6.45) is 0. The van der Waals surface area contributed by atoms with Crippen LogP contribution in [0.2, 0.25) is 0 Å². The highest BCUT2D eigenvalue weighted by Crippen LogP contribution is 2.29. The van der Waals surface area contributed by atoms with Crippen molar-refractivity contribution in [1.82, 2.24) is 4.90 Å². The third-order valence-corrected chi connectivity index (χ3v) is 3.22. The second kappa shape index (κ2) is 6.41. The summed E-state index contributed by atoms with van der Waals surface area (Å²) in [7, 11) is 3.21. The first-order valence-electron chi connectivity index (χ1n) is 6.23. The zero-order valence-electron chi connectivity index (χ0n) is 11.3. The van der Waals surface area contributed by atoms with E-state index in [-0.39, 0.29) is 6.04 Å². The zero-order valence-corrected chi connectivity index (χ0v) is 11.3. The van der Waals surface area contributed by atoms with Crippen molar-refractivity contribution in [3.63, 3.8) is 0 Å². The van der Waals surface area contributed by atoms with Crippen molar-refractivity contribution in [2.45, 2.75) is 6.04 Å². The van der Waals surface area contributed by atoms with E-state index in [1.165, 1.54) is 0 Å². The number of benzene rings is 1. The summed E-state index contributed by atoms with van der Waals surface area (Å²) >= 11 is 0. The van der Waals surface area contributed by atoms with Crippen LogP contribution in [-0.4, -0.2) is 45.4 Å². The van der Waals surface area contributed by atoms with Crippen LogP contribution in [0.4, 0.5) is 0 Å². The van der Waals surface area contributed by atoms with Crippen LogP contribution in [-0.2, 0) is 4.74 Å². The predicted molar refractivity (Wildman–Crippen MR) is 70.3 cm³/mol. The molecule has 1 unspecified atom stereocenters. The molecule has 1 fully saturated rings. The molecule has 1 aliphatic rings. The van der Waals surface area contributed by atoms with Crippen molar-refractivity contribution < 1.29 is 14.2 Å². The van der Waals surface area contributed by atoms with Gasteiger partial charge in [0.1, 0.15) is 17.5 Å². The van der Waals surface area contributed by atoms with Crippen molar-refractivity contribution in [3.05, 3.63) is 23.8 Å². The van der Waals surface area contributed by atoms with Crippen molar-refractivity contribution in [1.29, 1.82) is 5.26 Å². The Labute approximate surface area is 113 Å². The van der Waals surface area contributed by atoms with Crippen LogP contribution in [0.3, 0.4) is 0 Å². The quantitative estimate of drug-likeness (QED) is 0.825. The van der Waals surface area contributed by atoms with Gasteiger partial charge in [0.05, 0.1) is 33.5 Å². The van der Waals surface area contributed by atoms with E-state index in [0.29, 0.717) is 24.7 Å². The highest BCUT2D eigenvalue weighted by molar-refractivity contribution is 5.41. The van der Waals surface area contributed by atoms with E-state index in [1.54, 1.807) is 20.3 Å². The molecule has 0 radical (unpaired) electrons. The molecule has 19 heavy (non-hydrogen) atoms. The first kappa shape index (κ1) is 13.7. The van der Waals surface area contributed by atoms with E-state index in [1.807, 2.05) is 12.1 Å². The van der Waals surface area contributed by atoms with Gasteiger partial charge in [-0.05, 0) is 17.7 Å². The largest absolute Gasteiger partial charge is 0.497 e. The molecular weight excluding hydrogens is 244 g/mol. The number of nitrogens with zero attached hydrogens (tertiary/aromatic N) is 2. The molecule has 1 aromatic carbocycles. The molecule has 0 aromatic heterocycles. The summed E-state index contributed by atoms with van der Waals surface area (Å²) in [6.45, 7) is 2.86. The third-order valence-electron chi connectivity index (χ3n) is 3.22. The molecule has 1 heterocycles. The Hall–Kier alpha value is -1.77. The molecule has 1 aliphatic heterocycles. The van der Waals surface area contributed by atoms with Gasteiger partial charge >= 0.3 is 0 Å². The zero-order chi connectivity index (χ0) is 13.7. The first-order valence-corrected chi connectivity index (χ1v) is 6.23. The van der Waals surface area contributed by atoms with E-state index in [0.717, 1.165) is 18.7 Å². The minimum absolute atomic E-state index is 0.298. The molecular formula is C14H18N2O3. The van der Waals surface area contributed by atoms with Gasteiger partial charge in [-0.3, -0.25) is 4.90 Å². The van der Waals surface area contributed by atoms with Gasteiger partial charge in [-0.25, -0.2) is 0 Å². The van der Waals surface area contributed by atoms with Gasteiger partial charge in [0.15, 0.2) is 0 Å². The van der Waals surface area contributed by atoms with Crippen LogP contribution in [0, 0.1) is 11.3 Å². The molecule has 1 saturated heterocycles. The lowest BCUT2D eigenvalue weighted by molar-refractivity contribution is 0.0266. The summed E-state index contributed by atoms with van der Waals surface area (Å²) in [5.41, 5.74) is 0.889. The maximum atomic E-state index is 9.44. The van der Waals surface area contributed by atoms with Crippen LogP contribution in [0.25, 0.3) is 0 Å². The average Bonchev–Trinajstić information content (AvgIpc) is 2.48. The fraction of sp³-hybridized carbons (Fsp3) is 0.500. The van der Waals surface area contributed by atoms with E-state index in [4.69, 9.17) is 14.2 Å². The van der Waals surface area contributed by atoms with Gasteiger partial charge in [-0.2, -0.15) is 5.26 Å². The molecule has 0 saturated carbocycles. The Balaban J connectivity index is 2.29. The number of hydrogen-bond donors (Lipinski definition) is 0. The lowest BCUT2D eigenvalue weighted by atomic mass is 10.1. The Morgan fingerprint density at radius 1 is 1.16 bits per heavy atom. The lowest BCUT2D eigenvalue weighted by Crippen LogP contribution is -2.38. The molecule has 0 amide bonds. The van der Waals surface area contributed by atoms with Gasteiger partial charge in [-0.15, -0.1) is 0 Å². The van der Waals surface area contributed by atoms with E-state index in [9.17, 15) is 5.26 Å². The van der Waals surface area contributed by atoms with Crippen LogP contribution < -0.4 is 9.47 Å². The van der Waals surface area contributed by atoms with Crippen LogP contribution in [0.5, 0.6) is 11.5 Å². The summed E-state index contributed by atoms with van der Waals surface area (Å²) in [6, 6.07) is 7.62. The summed E-state index contributed by atoms with van der Waals surface area (Å²) in [4.78, 5) is 2.11. The molecule has 5 heteroatoms. The standard InChI is InChI=1S/C14H18N2O3/c1-17-12-7-11(8-13(9-12)18-2)14(10-15)16-3-5-19-6-4-16/h7-9,14H,3-6H2,1-2H3. The molecule has 102 valence electrons. The highest BCUT2D eigenvalue weighted by atomic mass is 16.5. The Bertz CT molecular complexity index is 442. The van der Waals surface area contributed by atoms with Crippen molar-refractivity contribution in [3.8, 4) is 17.6 Å². The van der Waals surface area contributed by atoms with Gasteiger partial charge in [0.25, 0.3) is 0 Å². The van der Waals surface area contributed by atoms with Crippen molar-refractivity contribution in [2.75, 3.05) is 40.5 Å². The fourth-order valence-electron chi connectivity index (χ4n) is 2.19. The smallest absolute Gasteiger partial charge is 0.124 e. The van der Waals surface area contributed by atoms with Gasteiger partial charge in [0.2, 0.25) is 0 Å². The van der Waals surface area contributed by atoms with E-state index in [2.05, 4.69) is 11.0 Å². The van der Waals surface area contributed by atoms with E-state index >= 15 is 0 Å². The van der Waals surface area contributed by atoms with Crippen molar-refractivity contribution in [2.24, 2.45) is 0 Å². The maximum Gasteiger partial charge on any atom is 0.124 e. The highest BCUT2D eigenvalue weighted by Gasteiger charge is 2.23. The molecule has 0 N–H and O–H groups in total. The molecule has 1 atom stereocenters. The molecule has 2 rings (SSSR count).